The highest BCUT2D eigenvalue weighted by molar-refractivity contribution is 5.79. The lowest BCUT2D eigenvalue weighted by Crippen LogP contribution is -2.25. The van der Waals surface area contributed by atoms with Gasteiger partial charge in [-0.1, -0.05) is 79.4 Å². The molecule has 32 heavy (non-hydrogen) atoms. The van der Waals surface area contributed by atoms with E-state index in [0.29, 0.717) is 5.70 Å². The molecule has 0 bridgehead atoms. The molecule has 1 heterocycles. The summed E-state index contributed by atoms with van der Waals surface area (Å²) in [5.41, 5.74) is 8.00. The van der Waals surface area contributed by atoms with Crippen LogP contribution in [0.4, 0.5) is 0 Å². The lowest BCUT2D eigenvalue weighted by Gasteiger charge is -2.19. The fraction of sp³-hybridized carbons (Fsp3) is 0.148. The first kappa shape index (κ1) is 21.6. The normalized spacial score (nSPS) is 12.3. The molecule has 0 aliphatic rings. The second-order valence-corrected chi connectivity index (χ2v) is 7.86. The smallest absolute Gasteiger partial charge is 0.127 e. The molecule has 0 spiro atoms. The summed E-state index contributed by atoms with van der Waals surface area (Å²) in [5, 5.41) is 12.6. The van der Waals surface area contributed by atoms with Gasteiger partial charge in [-0.05, 0) is 41.3 Å². The molecule has 5 nitrogen and oxygen atoms in total. The van der Waals surface area contributed by atoms with E-state index in [1.807, 2.05) is 29.8 Å². The first-order chi connectivity index (χ1) is 15.6. The van der Waals surface area contributed by atoms with Gasteiger partial charge in [0.05, 0.1) is 22.8 Å². The Kier molecular flexibility index (Phi) is 6.80. The number of benzene rings is 3. The van der Waals surface area contributed by atoms with E-state index in [0.717, 1.165) is 35.4 Å². The van der Waals surface area contributed by atoms with Gasteiger partial charge in [0, 0.05) is 13.6 Å². The van der Waals surface area contributed by atoms with E-state index in [2.05, 4.69) is 84.2 Å². The number of imidazole rings is 1. The van der Waals surface area contributed by atoms with Crippen molar-refractivity contribution in [3.63, 3.8) is 0 Å². The molecule has 1 aromatic heterocycles. The van der Waals surface area contributed by atoms with Crippen molar-refractivity contribution in [3.8, 4) is 0 Å². The maximum absolute atomic E-state index is 8.92. The molecule has 3 aromatic carbocycles. The van der Waals surface area contributed by atoms with Crippen LogP contribution >= 0.6 is 0 Å². The van der Waals surface area contributed by atoms with Crippen LogP contribution in [0.25, 0.3) is 17.1 Å². The minimum atomic E-state index is 0.0624. The van der Waals surface area contributed by atoms with E-state index in [-0.39, 0.29) is 6.04 Å². The van der Waals surface area contributed by atoms with Gasteiger partial charge in [0.2, 0.25) is 0 Å². The fourth-order valence-corrected chi connectivity index (χ4v) is 3.83. The molecule has 0 saturated carbocycles. The van der Waals surface area contributed by atoms with Gasteiger partial charge in [-0.2, -0.15) is 0 Å². The molecule has 0 radical (unpaired) electrons. The van der Waals surface area contributed by atoms with Gasteiger partial charge in [0.1, 0.15) is 5.82 Å². The number of nitrogens with zero attached hydrogens (tertiary/aromatic N) is 2. The van der Waals surface area contributed by atoms with Crippen LogP contribution < -0.4 is 10.8 Å². The van der Waals surface area contributed by atoms with Crippen LogP contribution in [0.3, 0.4) is 0 Å². The zero-order valence-corrected chi connectivity index (χ0v) is 18.2. The number of rotatable bonds is 9. The summed E-state index contributed by atoms with van der Waals surface area (Å²) in [6.45, 7) is 4.47. The van der Waals surface area contributed by atoms with Crippen LogP contribution in [0.15, 0.2) is 97.2 Å². The minimum Gasteiger partial charge on any atom is -0.330 e. The third-order valence-corrected chi connectivity index (χ3v) is 5.55. The van der Waals surface area contributed by atoms with Gasteiger partial charge in [0.15, 0.2) is 0 Å². The largest absolute Gasteiger partial charge is 0.330 e. The zero-order chi connectivity index (χ0) is 22.3. The van der Waals surface area contributed by atoms with Gasteiger partial charge in [-0.3, -0.25) is 10.7 Å². The summed E-state index contributed by atoms with van der Waals surface area (Å²) < 4.78 is 2.17. The topological polar surface area (TPSA) is 62.1 Å². The molecule has 3 N–H and O–H groups in total. The molecular weight excluding hydrogens is 396 g/mol. The quantitative estimate of drug-likeness (QED) is 0.257. The summed E-state index contributed by atoms with van der Waals surface area (Å²) in [6, 6.07) is 27.2. The second kappa shape index (κ2) is 10.1. The molecule has 162 valence electrons. The second-order valence-electron chi connectivity index (χ2n) is 7.86. The van der Waals surface area contributed by atoms with Crippen LogP contribution in [0.1, 0.15) is 28.6 Å². The van der Waals surface area contributed by atoms with Crippen LogP contribution in [0.5, 0.6) is 0 Å². The number of hydroxylamine groups is 1. The minimum absolute atomic E-state index is 0.0624. The Morgan fingerprint density at radius 1 is 1.03 bits per heavy atom. The van der Waals surface area contributed by atoms with E-state index in [1.54, 1.807) is 6.08 Å². The van der Waals surface area contributed by atoms with E-state index < -0.39 is 0 Å². The molecule has 4 aromatic rings. The van der Waals surface area contributed by atoms with Crippen LogP contribution in [0, 0.1) is 0 Å². The number of aromatic nitrogens is 2. The number of allylic oxidation sites excluding steroid dienone is 1. The molecule has 0 saturated heterocycles. The highest BCUT2D eigenvalue weighted by atomic mass is 16.5. The number of aryl methyl sites for hydroxylation is 1. The molecular formula is C27H28N4O. The summed E-state index contributed by atoms with van der Waals surface area (Å²) in [5.74, 6) is 1.00. The highest BCUT2D eigenvalue weighted by Gasteiger charge is 2.19. The number of hydrogen-bond acceptors (Lipinski definition) is 4. The van der Waals surface area contributed by atoms with Gasteiger partial charge >= 0.3 is 0 Å². The Balaban J connectivity index is 1.65. The molecule has 1 unspecified atom stereocenters. The van der Waals surface area contributed by atoms with Crippen molar-refractivity contribution < 1.29 is 5.21 Å². The standard InChI is InChI=1S/C27H28N4O/c1-20(30-32)13-14-22-15-16-26-24(17-22)29-27(31(26)2)25(18-21-9-5-3-6-10-21)28-19-23-11-7-4-8-12-23/h3-17,25,28,30,32H,1,18-19H2,2H3/b14-13+. The van der Waals surface area contributed by atoms with Gasteiger partial charge in [-0.15, -0.1) is 0 Å². The van der Waals surface area contributed by atoms with E-state index in [9.17, 15) is 0 Å². The molecule has 0 aliphatic heterocycles. The summed E-state index contributed by atoms with van der Waals surface area (Å²) in [7, 11) is 2.07. The number of fused-ring (bicyclic) bond motifs is 1. The first-order valence-corrected chi connectivity index (χ1v) is 10.7. The van der Waals surface area contributed by atoms with E-state index in [1.165, 1.54) is 11.1 Å². The molecule has 0 aliphatic carbocycles. The number of hydrogen-bond donors (Lipinski definition) is 3. The lowest BCUT2D eigenvalue weighted by molar-refractivity contribution is 0.205. The van der Waals surface area contributed by atoms with Crippen molar-refractivity contribution in [1.29, 1.82) is 0 Å². The monoisotopic (exact) mass is 424 g/mol. The van der Waals surface area contributed by atoms with Crippen molar-refractivity contribution in [2.24, 2.45) is 7.05 Å². The maximum atomic E-state index is 8.92. The SMILES string of the molecule is C=C(/C=C/c1ccc2c(c1)nc(C(Cc1ccccc1)NCc1ccccc1)n2C)NO. The fourth-order valence-electron chi connectivity index (χ4n) is 3.83. The lowest BCUT2D eigenvalue weighted by atomic mass is 10.0. The Morgan fingerprint density at radius 2 is 1.72 bits per heavy atom. The van der Waals surface area contributed by atoms with Crippen molar-refractivity contribution in [2.75, 3.05) is 0 Å². The molecule has 5 heteroatoms. The first-order valence-electron chi connectivity index (χ1n) is 10.7. The molecule has 0 fully saturated rings. The molecule has 1 atom stereocenters. The molecule has 0 amide bonds. The van der Waals surface area contributed by atoms with Crippen molar-refractivity contribution >= 4 is 17.1 Å². The Hall–Kier alpha value is -3.67. The van der Waals surface area contributed by atoms with Crippen LogP contribution in [-0.2, 0) is 20.0 Å². The van der Waals surface area contributed by atoms with Crippen molar-refractivity contribution in [1.82, 2.24) is 20.3 Å². The van der Waals surface area contributed by atoms with E-state index in [4.69, 9.17) is 10.2 Å². The number of nitrogens with one attached hydrogen (secondary N) is 2. The van der Waals surface area contributed by atoms with E-state index >= 15 is 0 Å². The zero-order valence-electron chi connectivity index (χ0n) is 18.2. The average molecular weight is 425 g/mol. The highest BCUT2D eigenvalue weighted by Crippen LogP contribution is 2.24. The third kappa shape index (κ3) is 5.14. The Labute approximate surface area is 188 Å². The summed E-state index contributed by atoms with van der Waals surface area (Å²) in [6.07, 6.45) is 4.47. The Bertz CT molecular complexity index is 1210. The molecule has 4 rings (SSSR count). The third-order valence-electron chi connectivity index (χ3n) is 5.55. The van der Waals surface area contributed by atoms with Crippen molar-refractivity contribution in [3.05, 3.63) is 120 Å². The summed E-state index contributed by atoms with van der Waals surface area (Å²) in [4.78, 5) is 5.01. The van der Waals surface area contributed by atoms with Crippen LogP contribution in [0.2, 0.25) is 0 Å². The predicted octanol–water partition coefficient (Wildman–Crippen LogP) is 5.15. The summed E-state index contributed by atoms with van der Waals surface area (Å²) >= 11 is 0. The van der Waals surface area contributed by atoms with Gasteiger partial charge < -0.3 is 9.88 Å². The average Bonchev–Trinajstić information content (AvgIpc) is 3.17. The van der Waals surface area contributed by atoms with Gasteiger partial charge in [-0.25, -0.2) is 4.98 Å². The van der Waals surface area contributed by atoms with Crippen LogP contribution in [-0.4, -0.2) is 14.8 Å². The predicted molar refractivity (Wildman–Crippen MR) is 130 cm³/mol. The van der Waals surface area contributed by atoms with Gasteiger partial charge in [0.25, 0.3) is 0 Å². The van der Waals surface area contributed by atoms with Crippen molar-refractivity contribution in [2.45, 2.75) is 19.0 Å². The Morgan fingerprint density at radius 3 is 2.41 bits per heavy atom. The maximum Gasteiger partial charge on any atom is 0.127 e.